The maximum atomic E-state index is 12.1. The lowest BCUT2D eigenvalue weighted by atomic mass is 10.1. The monoisotopic (exact) mass is 340 g/mol. The van der Waals surface area contributed by atoms with Crippen molar-refractivity contribution in [2.75, 3.05) is 11.6 Å². The van der Waals surface area contributed by atoms with Crippen LogP contribution in [0.1, 0.15) is 30.9 Å². The van der Waals surface area contributed by atoms with Crippen LogP contribution in [-0.4, -0.2) is 17.2 Å². The molecule has 1 N–H and O–H groups in total. The zero-order valence-electron chi connectivity index (χ0n) is 14.5. The highest BCUT2D eigenvalue weighted by molar-refractivity contribution is 8.13. The predicted molar refractivity (Wildman–Crippen MR) is 105 cm³/mol. The lowest BCUT2D eigenvalue weighted by molar-refractivity contribution is -0.115. The van der Waals surface area contributed by atoms with Crippen LogP contribution in [-0.2, 0) is 11.2 Å². The first-order chi connectivity index (χ1) is 11.6. The number of nitrogens with zero attached hydrogens (tertiary/aromatic N) is 1. The van der Waals surface area contributed by atoms with Gasteiger partial charge in [-0.05, 0) is 48.9 Å². The van der Waals surface area contributed by atoms with E-state index in [4.69, 9.17) is 4.99 Å². The Hall–Kier alpha value is -2.07. The molecule has 0 radical (unpaired) electrons. The minimum Gasteiger partial charge on any atom is -0.326 e. The fourth-order valence-electron chi connectivity index (χ4n) is 2.40. The predicted octanol–water partition coefficient (Wildman–Crippen LogP) is 5.37. The standard InChI is InChI=1S/C20H24N2OS/c1-4-8-20(24-3)22-18-12-11-17(13-15(18)2)21-19(23)14-16-9-6-5-7-10-16/h5-7,9-13H,4,8,14H2,1-3H3,(H,21,23). The number of hydrogen-bond acceptors (Lipinski definition) is 3. The van der Waals surface area contributed by atoms with Crippen molar-refractivity contribution in [3.05, 3.63) is 59.7 Å². The number of nitrogens with one attached hydrogen (secondary N) is 1. The smallest absolute Gasteiger partial charge is 0.228 e. The number of rotatable bonds is 6. The molecule has 2 rings (SSSR count). The molecule has 4 heteroatoms. The van der Waals surface area contributed by atoms with Gasteiger partial charge in [-0.25, -0.2) is 4.99 Å². The van der Waals surface area contributed by atoms with Crippen LogP contribution in [0.4, 0.5) is 11.4 Å². The van der Waals surface area contributed by atoms with Crippen molar-refractivity contribution in [2.24, 2.45) is 4.99 Å². The van der Waals surface area contributed by atoms with Crippen molar-refractivity contribution in [3.8, 4) is 0 Å². The van der Waals surface area contributed by atoms with Crippen LogP contribution in [0.15, 0.2) is 53.5 Å². The second-order valence-corrected chi connectivity index (χ2v) is 6.55. The molecule has 1 amide bonds. The van der Waals surface area contributed by atoms with E-state index in [1.165, 1.54) is 0 Å². The summed E-state index contributed by atoms with van der Waals surface area (Å²) in [6, 6.07) is 15.6. The number of thioether (sulfide) groups is 1. The first kappa shape index (κ1) is 18.3. The molecule has 0 spiro atoms. The molecular weight excluding hydrogens is 316 g/mol. The molecule has 0 saturated heterocycles. The highest BCUT2D eigenvalue weighted by atomic mass is 32.2. The Morgan fingerprint density at radius 2 is 1.92 bits per heavy atom. The van der Waals surface area contributed by atoms with Crippen molar-refractivity contribution in [1.29, 1.82) is 0 Å². The van der Waals surface area contributed by atoms with Crippen LogP contribution in [0.2, 0.25) is 0 Å². The summed E-state index contributed by atoms with van der Waals surface area (Å²) >= 11 is 1.69. The summed E-state index contributed by atoms with van der Waals surface area (Å²) in [7, 11) is 0. The Bertz CT molecular complexity index is 711. The quantitative estimate of drug-likeness (QED) is 0.567. The number of aryl methyl sites for hydroxylation is 1. The van der Waals surface area contributed by atoms with Gasteiger partial charge in [0.15, 0.2) is 0 Å². The SMILES string of the molecule is CCCC(=Nc1ccc(NC(=O)Cc2ccccc2)cc1C)SC. The molecule has 0 aliphatic heterocycles. The Morgan fingerprint density at radius 3 is 2.54 bits per heavy atom. The summed E-state index contributed by atoms with van der Waals surface area (Å²) in [4.78, 5) is 16.9. The molecule has 0 aliphatic carbocycles. The zero-order chi connectivity index (χ0) is 17.4. The Labute approximate surface area is 148 Å². The molecule has 0 saturated carbocycles. The van der Waals surface area contributed by atoms with Crippen LogP contribution in [0.25, 0.3) is 0 Å². The van der Waals surface area contributed by atoms with Crippen LogP contribution in [0.5, 0.6) is 0 Å². The van der Waals surface area contributed by atoms with Gasteiger partial charge in [-0.15, -0.1) is 11.8 Å². The molecule has 2 aromatic rings. The van der Waals surface area contributed by atoms with Gasteiger partial charge in [0.05, 0.1) is 17.2 Å². The normalized spacial score (nSPS) is 11.4. The van der Waals surface area contributed by atoms with Crippen LogP contribution in [0.3, 0.4) is 0 Å². The molecule has 0 heterocycles. The van der Waals surface area contributed by atoms with Crippen molar-refractivity contribution >= 4 is 34.1 Å². The van der Waals surface area contributed by atoms with E-state index in [-0.39, 0.29) is 5.91 Å². The highest BCUT2D eigenvalue weighted by Crippen LogP contribution is 2.24. The average Bonchev–Trinajstić information content (AvgIpc) is 2.57. The summed E-state index contributed by atoms with van der Waals surface area (Å²) in [6.45, 7) is 4.18. The maximum Gasteiger partial charge on any atom is 0.228 e. The second-order valence-electron chi connectivity index (χ2n) is 5.67. The molecule has 0 unspecified atom stereocenters. The first-order valence-corrected chi connectivity index (χ1v) is 9.40. The summed E-state index contributed by atoms with van der Waals surface area (Å²) in [5, 5.41) is 4.10. The molecule has 2 aromatic carbocycles. The Balaban J connectivity index is 2.05. The Morgan fingerprint density at radius 1 is 1.17 bits per heavy atom. The van der Waals surface area contributed by atoms with Crippen LogP contribution >= 0.6 is 11.8 Å². The van der Waals surface area contributed by atoms with Gasteiger partial charge >= 0.3 is 0 Å². The maximum absolute atomic E-state index is 12.1. The van der Waals surface area contributed by atoms with Crippen molar-refractivity contribution < 1.29 is 4.79 Å². The van der Waals surface area contributed by atoms with Gasteiger partial charge in [-0.2, -0.15) is 0 Å². The van der Waals surface area contributed by atoms with E-state index in [1.54, 1.807) is 11.8 Å². The third-order valence-corrected chi connectivity index (χ3v) is 4.40. The number of benzene rings is 2. The summed E-state index contributed by atoms with van der Waals surface area (Å²) in [5.41, 5.74) is 3.86. The van der Waals surface area contributed by atoms with E-state index in [0.717, 1.165) is 40.4 Å². The number of aliphatic imine (C=N–C) groups is 1. The van der Waals surface area contributed by atoms with E-state index in [0.29, 0.717) is 6.42 Å². The largest absolute Gasteiger partial charge is 0.326 e. The molecule has 0 atom stereocenters. The van der Waals surface area contributed by atoms with Crippen LogP contribution < -0.4 is 5.32 Å². The van der Waals surface area contributed by atoms with E-state index in [1.807, 2.05) is 55.5 Å². The number of amides is 1. The van der Waals surface area contributed by atoms with Gasteiger partial charge in [0.2, 0.25) is 5.91 Å². The molecule has 0 fully saturated rings. The molecule has 3 nitrogen and oxygen atoms in total. The molecule has 0 aromatic heterocycles. The van der Waals surface area contributed by atoms with Gasteiger partial charge in [0.1, 0.15) is 0 Å². The Kier molecular flexibility index (Phi) is 7.07. The minimum atomic E-state index is -0.00682. The van der Waals surface area contributed by atoms with E-state index < -0.39 is 0 Å². The first-order valence-electron chi connectivity index (χ1n) is 8.18. The van der Waals surface area contributed by atoms with Gasteiger partial charge in [-0.3, -0.25) is 4.79 Å². The third-order valence-electron chi connectivity index (χ3n) is 3.63. The molecule has 0 aliphatic rings. The fourth-order valence-corrected chi connectivity index (χ4v) is 2.99. The van der Waals surface area contributed by atoms with Crippen molar-refractivity contribution in [1.82, 2.24) is 0 Å². The minimum absolute atomic E-state index is 0.00682. The summed E-state index contributed by atoms with van der Waals surface area (Å²) in [6.07, 6.45) is 4.53. The van der Waals surface area contributed by atoms with Gasteiger partial charge < -0.3 is 5.32 Å². The lowest BCUT2D eigenvalue weighted by Gasteiger charge is -2.09. The van der Waals surface area contributed by atoms with Gasteiger partial charge in [-0.1, -0.05) is 43.7 Å². The number of carbonyl (C=O) groups is 1. The van der Waals surface area contributed by atoms with E-state index in [2.05, 4.69) is 18.5 Å². The van der Waals surface area contributed by atoms with Crippen LogP contribution in [0, 0.1) is 6.92 Å². The summed E-state index contributed by atoms with van der Waals surface area (Å²) < 4.78 is 0. The van der Waals surface area contributed by atoms with Crippen molar-refractivity contribution in [3.63, 3.8) is 0 Å². The van der Waals surface area contributed by atoms with E-state index in [9.17, 15) is 4.79 Å². The number of carbonyl (C=O) groups excluding carboxylic acids is 1. The van der Waals surface area contributed by atoms with Gasteiger partial charge in [0, 0.05) is 5.69 Å². The molecule has 24 heavy (non-hydrogen) atoms. The van der Waals surface area contributed by atoms with Gasteiger partial charge in [0.25, 0.3) is 0 Å². The van der Waals surface area contributed by atoms with Crippen molar-refractivity contribution in [2.45, 2.75) is 33.1 Å². The molecular formula is C20H24N2OS. The topological polar surface area (TPSA) is 41.5 Å². The zero-order valence-corrected chi connectivity index (χ0v) is 15.3. The lowest BCUT2D eigenvalue weighted by Crippen LogP contribution is -2.14. The number of hydrogen-bond donors (Lipinski definition) is 1. The number of anilines is 1. The average molecular weight is 340 g/mol. The molecule has 0 bridgehead atoms. The summed E-state index contributed by atoms with van der Waals surface area (Å²) in [5.74, 6) is -0.00682. The fraction of sp³-hybridized carbons (Fsp3) is 0.300. The van der Waals surface area contributed by atoms with E-state index >= 15 is 0 Å². The third kappa shape index (κ3) is 5.53. The highest BCUT2D eigenvalue weighted by Gasteiger charge is 2.06. The molecule has 126 valence electrons. The second kappa shape index (κ2) is 9.28.